The molecule has 5 nitrogen and oxygen atoms in total. The van der Waals surface area contributed by atoms with Gasteiger partial charge in [0.2, 0.25) is 5.91 Å². The van der Waals surface area contributed by atoms with Gasteiger partial charge < -0.3 is 14.6 Å². The third-order valence-corrected chi connectivity index (χ3v) is 3.75. The topological polar surface area (TPSA) is 48.7 Å². The molecule has 1 amide bonds. The molecule has 1 unspecified atom stereocenters. The lowest BCUT2D eigenvalue weighted by atomic mass is 10.0. The van der Waals surface area contributed by atoms with Crippen LogP contribution in [0.25, 0.3) is 0 Å². The van der Waals surface area contributed by atoms with Crippen molar-refractivity contribution in [3.63, 3.8) is 0 Å². The minimum atomic E-state index is 0.125. The third-order valence-electron chi connectivity index (χ3n) is 3.75. The van der Waals surface area contributed by atoms with Gasteiger partial charge in [0.05, 0.1) is 19.4 Å². The van der Waals surface area contributed by atoms with Crippen molar-refractivity contribution in [3.8, 4) is 0 Å². The summed E-state index contributed by atoms with van der Waals surface area (Å²) in [5.74, 6) is 0.942. The van der Waals surface area contributed by atoms with E-state index in [0.29, 0.717) is 19.1 Å². The van der Waals surface area contributed by atoms with Gasteiger partial charge in [0.1, 0.15) is 5.76 Å². The molecule has 1 atom stereocenters. The SMILES string of the molecule is CN(CC(=O)N(C)Cc1ccco1)CC1CCCCN1. The van der Waals surface area contributed by atoms with Gasteiger partial charge in [-0.05, 0) is 38.6 Å². The van der Waals surface area contributed by atoms with Crippen molar-refractivity contribution in [1.29, 1.82) is 0 Å². The molecular weight excluding hydrogens is 254 g/mol. The zero-order valence-corrected chi connectivity index (χ0v) is 12.5. The fourth-order valence-electron chi connectivity index (χ4n) is 2.60. The van der Waals surface area contributed by atoms with Crippen LogP contribution in [0.5, 0.6) is 0 Å². The van der Waals surface area contributed by atoms with Crippen molar-refractivity contribution in [3.05, 3.63) is 24.2 Å². The molecule has 2 heterocycles. The minimum Gasteiger partial charge on any atom is -0.467 e. The summed E-state index contributed by atoms with van der Waals surface area (Å²) in [4.78, 5) is 16.0. The summed E-state index contributed by atoms with van der Waals surface area (Å²) < 4.78 is 5.26. The zero-order valence-electron chi connectivity index (χ0n) is 12.5. The van der Waals surface area contributed by atoms with E-state index in [9.17, 15) is 4.79 Å². The van der Waals surface area contributed by atoms with Crippen LogP contribution in [0.15, 0.2) is 22.8 Å². The van der Waals surface area contributed by atoms with E-state index < -0.39 is 0 Å². The van der Waals surface area contributed by atoms with Crippen LogP contribution in [0.2, 0.25) is 0 Å². The molecule has 20 heavy (non-hydrogen) atoms. The van der Waals surface area contributed by atoms with Gasteiger partial charge in [-0.2, -0.15) is 0 Å². The Labute approximate surface area is 120 Å². The number of piperidine rings is 1. The summed E-state index contributed by atoms with van der Waals surface area (Å²) in [5, 5.41) is 3.51. The normalized spacial score (nSPS) is 19.2. The monoisotopic (exact) mass is 279 g/mol. The van der Waals surface area contributed by atoms with E-state index >= 15 is 0 Å². The van der Waals surface area contributed by atoms with Crippen molar-refractivity contribution in [2.75, 3.05) is 33.7 Å². The molecule has 1 aliphatic rings. The van der Waals surface area contributed by atoms with Gasteiger partial charge in [-0.15, -0.1) is 0 Å². The lowest BCUT2D eigenvalue weighted by molar-refractivity contribution is -0.131. The van der Waals surface area contributed by atoms with Gasteiger partial charge >= 0.3 is 0 Å². The highest BCUT2D eigenvalue weighted by molar-refractivity contribution is 5.77. The molecule has 0 bridgehead atoms. The molecule has 112 valence electrons. The summed E-state index contributed by atoms with van der Waals surface area (Å²) in [5.41, 5.74) is 0. The first kappa shape index (κ1) is 15.1. The average molecular weight is 279 g/mol. The first-order chi connectivity index (χ1) is 9.65. The van der Waals surface area contributed by atoms with Crippen molar-refractivity contribution in [2.24, 2.45) is 0 Å². The highest BCUT2D eigenvalue weighted by Gasteiger charge is 2.18. The number of hydrogen-bond acceptors (Lipinski definition) is 4. The second kappa shape index (κ2) is 7.45. The molecule has 1 N–H and O–H groups in total. The van der Waals surface area contributed by atoms with Gasteiger partial charge in [-0.25, -0.2) is 0 Å². The Bertz CT molecular complexity index is 399. The Morgan fingerprint density at radius 1 is 1.45 bits per heavy atom. The van der Waals surface area contributed by atoms with Gasteiger partial charge in [-0.1, -0.05) is 6.42 Å². The van der Waals surface area contributed by atoms with E-state index in [1.54, 1.807) is 11.2 Å². The third kappa shape index (κ3) is 4.65. The van der Waals surface area contributed by atoms with Crippen LogP contribution in [-0.2, 0) is 11.3 Å². The summed E-state index contributed by atoms with van der Waals surface area (Å²) >= 11 is 0. The van der Waals surface area contributed by atoms with E-state index in [1.165, 1.54) is 19.3 Å². The lowest BCUT2D eigenvalue weighted by Crippen LogP contribution is -2.45. The molecule has 0 spiro atoms. The molecule has 5 heteroatoms. The van der Waals surface area contributed by atoms with Crippen molar-refractivity contribution in [1.82, 2.24) is 15.1 Å². The maximum Gasteiger partial charge on any atom is 0.236 e. The summed E-state index contributed by atoms with van der Waals surface area (Å²) in [7, 11) is 3.83. The van der Waals surface area contributed by atoms with E-state index in [-0.39, 0.29) is 5.91 Å². The van der Waals surface area contributed by atoms with Crippen LogP contribution in [-0.4, -0.2) is 55.5 Å². The number of furan rings is 1. The molecule has 2 rings (SSSR count). The van der Waals surface area contributed by atoms with Crippen molar-refractivity contribution < 1.29 is 9.21 Å². The molecule has 0 aliphatic carbocycles. The van der Waals surface area contributed by atoms with Crippen molar-refractivity contribution in [2.45, 2.75) is 31.8 Å². The van der Waals surface area contributed by atoms with E-state index in [2.05, 4.69) is 10.2 Å². The highest BCUT2D eigenvalue weighted by Crippen LogP contribution is 2.08. The number of amides is 1. The smallest absolute Gasteiger partial charge is 0.236 e. The van der Waals surface area contributed by atoms with E-state index in [0.717, 1.165) is 18.8 Å². The van der Waals surface area contributed by atoms with Gasteiger partial charge in [0, 0.05) is 19.6 Å². The molecule has 1 saturated heterocycles. The largest absolute Gasteiger partial charge is 0.467 e. The average Bonchev–Trinajstić information content (AvgIpc) is 2.92. The van der Waals surface area contributed by atoms with E-state index in [1.807, 2.05) is 26.2 Å². The second-order valence-corrected chi connectivity index (χ2v) is 5.67. The Morgan fingerprint density at radius 2 is 2.30 bits per heavy atom. The molecule has 0 radical (unpaired) electrons. The number of rotatable bonds is 6. The van der Waals surface area contributed by atoms with Gasteiger partial charge in [0.25, 0.3) is 0 Å². The summed E-state index contributed by atoms with van der Waals surface area (Å²) in [6.45, 7) is 3.02. The Hall–Kier alpha value is -1.33. The van der Waals surface area contributed by atoms with Gasteiger partial charge in [-0.3, -0.25) is 9.69 Å². The Balaban J connectivity index is 1.72. The fourth-order valence-corrected chi connectivity index (χ4v) is 2.60. The maximum absolute atomic E-state index is 12.1. The number of likely N-dealkylation sites (N-methyl/N-ethyl adjacent to an activating group) is 2. The molecule has 1 aliphatic heterocycles. The molecule has 1 aromatic rings. The summed E-state index contributed by atoms with van der Waals surface area (Å²) in [6.07, 6.45) is 5.40. The predicted octanol–water partition coefficient (Wildman–Crippen LogP) is 1.31. The Morgan fingerprint density at radius 3 is 2.95 bits per heavy atom. The summed E-state index contributed by atoms with van der Waals surface area (Å²) in [6, 6.07) is 4.26. The maximum atomic E-state index is 12.1. The second-order valence-electron chi connectivity index (χ2n) is 5.67. The predicted molar refractivity (Wildman–Crippen MR) is 78.3 cm³/mol. The van der Waals surface area contributed by atoms with Gasteiger partial charge in [0.15, 0.2) is 0 Å². The molecule has 0 saturated carbocycles. The minimum absolute atomic E-state index is 0.125. The first-order valence-electron chi connectivity index (χ1n) is 7.33. The van der Waals surface area contributed by atoms with Crippen LogP contribution >= 0.6 is 0 Å². The van der Waals surface area contributed by atoms with Crippen LogP contribution in [0.1, 0.15) is 25.0 Å². The quantitative estimate of drug-likeness (QED) is 0.853. The Kier molecular flexibility index (Phi) is 5.61. The van der Waals surface area contributed by atoms with Crippen LogP contribution in [0, 0.1) is 0 Å². The standard InChI is InChI=1S/C15H25N3O2/c1-17(10-13-6-3-4-8-16-13)12-15(19)18(2)11-14-7-5-9-20-14/h5,7,9,13,16H,3-4,6,8,10-12H2,1-2H3. The fraction of sp³-hybridized carbons (Fsp3) is 0.667. The number of nitrogens with one attached hydrogen (secondary N) is 1. The molecule has 0 aromatic carbocycles. The number of hydrogen-bond donors (Lipinski definition) is 1. The highest BCUT2D eigenvalue weighted by atomic mass is 16.3. The molecule has 1 aromatic heterocycles. The first-order valence-corrected chi connectivity index (χ1v) is 7.33. The van der Waals surface area contributed by atoms with Crippen LogP contribution < -0.4 is 5.32 Å². The van der Waals surface area contributed by atoms with Crippen molar-refractivity contribution >= 4 is 5.91 Å². The zero-order chi connectivity index (χ0) is 14.4. The molecular formula is C15H25N3O2. The van der Waals surface area contributed by atoms with Crippen LogP contribution in [0.4, 0.5) is 0 Å². The molecule has 1 fully saturated rings. The number of carbonyl (C=O) groups is 1. The lowest BCUT2D eigenvalue weighted by Gasteiger charge is -2.28. The van der Waals surface area contributed by atoms with E-state index in [4.69, 9.17) is 4.42 Å². The van der Waals surface area contributed by atoms with Crippen LogP contribution in [0.3, 0.4) is 0 Å². The number of carbonyl (C=O) groups excluding carboxylic acids is 1. The number of nitrogens with zero attached hydrogens (tertiary/aromatic N) is 2.